The molecule has 0 aromatic heterocycles. The van der Waals surface area contributed by atoms with Crippen LogP contribution in [-0.2, 0) is 17.8 Å². The van der Waals surface area contributed by atoms with E-state index in [-0.39, 0.29) is 41.7 Å². The van der Waals surface area contributed by atoms with Crippen LogP contribution in [0.4, 0.5) is 8.78 Å². The van der Waals surface area contributed by atoms with Crippen LogP contribution in [-0.4, -0.2) is 69.8 Å². The van der Waals surface area contributed by atoms with E-state index in [4.69, 9.17) is 4.74 Å². The predicted octanol–water partition coefficient (Wildman–Crippen LogP) is 3.38. The lowest BCUT2D eigenvalue weighted by molar-refractivity contribution is 0.0170. The molecule has 2 aromatic rings. The van der Waals surface area contributed by atoms with Gasteiger partial charge in [0, 0.05) is 45.3 Å². The van der Waals surface area contributed by atoms with Gasteiger partial charge < -0.3 is 20.3 Å². The summed E-state index contributed by atoms with van der Waals surface area (Å²) < 4.78 is 33.0. The minimum Gasteiger partial charge on any atom is -0.379 e. The maximum absolute atomic E-state index is 14.0. The van der Waals surface area contributed by atoms with Crippen LogP contribution in [0.3, 0.4) is 0 Å². The van der Waals surface area contributed by atoms with Crippen molar-refractivity contribution in [2.24, 2.45) is 4.99 Å². The fourth-order valence-electron chi connectivity index (χ4n) is 3.83. The smallest absolute Gasteiger partial charge is 0.191 e. The van der Waals surface area contributed by atoms with E-state index in [1.807, 2.05) is 37.2 Å². The summed E-state index contributed by atoms with van der Waals surface area (Å²) in [5, 5.41) is 6.69. The highest BCUT2D eigenvalue weighted by Crippen LogP contribution is 2.21. The van der Waals surface area contributed by atoms with Crippen LogP contribution in [0.25, 0.3) is 0 Å². The summed E-state index contributed by atoms with van der Waals surface area (Å²) in [6, 6.07) is 11.9. The summed E-state index contributed by atoms with van der Waals surface area (Å²) in [7, 11) is 5.56. The Balaban J connectivity index is 0.00000385. The largest absolute Gasteiger partial charge is 0.379 e. The monoisotopic (exact) mass is 573 g/mol. The Labute approximate surface area is 212 Å². The molecule has 0 bridgehead atoms. The molecule has 9 heteroatoms. The Hall–Kier alpha value is -1.82. The molecule has 1 saturated heterocycles. The molecular formula is C24H34F2IN5O. The van der Waals surface area contributed by atoms with Gasteiger partial charge in [-0.15, -0.1) is 24.0 Å². The Morgan fingerprint density at radius 3 is 2.42 bits per heavy atom. The van der Waals surface area contributed by atoms with Gasteiger partial charge in [-0.2, -0.15) is 0 Å². The highest BCUT2D eigenvalue weighted by Gasteiger charge is 2.23. The second-order valence-electron chi connectivity index (χ2n) is 8.19. The highest BCUT2D eigenvalue weighted by atomic mass is 127. The lowest BCUT2D eigenvalue weighted by Crippen LogP contribution is -2.46. The summed E-state index contributed by atoms with van der Waals surface area (Å²) >= 11 is 0. The second kappa shape index (κ2) is 13.8. The Bertz CT molecular complexity index is 889. The molecule has 1 unspecified atom stereocenters. The molecule has 0 saturated carbocycles. The van der Waals surface area contributed by atoms with E-state index in [0.29, 0.717) is 44.4 Å². The quantitative estimate of drug-likeness (QED) is 0.288. The Kier molecular flexibility index (Phi) is 11.5. The number of ether oxygens (including phenoxy) is 1. The van der Waals surface area contributed by atoms with Crippen molar-refractivity contribution in [1.29, 1.82) is 0 Å². The fourth-order valence-corrected chi connectivity index (χ4v) is 3.83. The molecule has 3 rings (SSSR count). The molecule has 0 aliphatic carbocycles. The van der Waals surface area contributed by atoms with Crippen LogP contribution < -0.4 is 10.6 Å². The van der Waals surface area contributed by atoms with Crippen molar-refractivity contribution in [3.05, 3.63) is 70.8 Å². The van der Waals surface area contributed by atoms with Crippen molar-refractivity contribution in [1.82, 2.24) is 20.4 Å². The average molecular weight is 573 g/mol. The lowest BCUT2D eigenvalue weighted by atomic mass is 10.0. The Morgan fingerprint density at radius 2 is 1.79 bits per heavy atom. The number of nitrogens with zero attached hydrogens (tertiary/aromatic N) is 3. The van der Waals surface area contributed by atoms with Gasteiger partial charge in [-0.25, -0.2) is 8.78 Å². The zero-order valence-electron chi connectivity index (χ0n) is 19.5. The van der Waals surface area contributed by atoms with Crippen LogP contribution in [0.2, 0.25) is 0 Å². The molecule has 1 atom stereocenters. The standard InChI is InChI=1S/C24H33F2N5O.HI/c1-27-24(28-15-18-4-9-22(26)20(14-18)17-30(2)3)29-16-23(31-10-12-32-13-11-31)19-5-7-21(25)8-6-19;/h4-9,14,23H,10-13,15-17H2,1-3H3,(H2,27,28,29);1H. The number of rotatable bonds is 8. The average Bonchev–Trinajstić information content (AvgIpc) is 2.79. The molecule has 1 aliphatic heterocycles. The van der Waals surface area contributed by atoms with E-state index in [2.05, 4.69) is 20.5 Å². The van der Waals surface area contributed by atoms with Gasteiger partial charge in [0.25, 0.3) is 0 Å². The lowest BCUT2D eigenvalue weighted by Gasteiger charge is -2.35. The van der Waals surface area contributed by atoms with Gasteiger partial charge in [0.2, 0.25) is 0 Å². The van der Waals surface area contributed by atoms with Gasteiger partial charge in [-0.05, 0) is 49.5 Å². The number of morpholine rings is 1. The summed E-state index contributed by atoms with van der Waals surface area (Å²) in [4.78, 5) is 8.60. The third-order valence-electron chi connectivity index (χ3n) is 5.48. The third kappa shape index (κ3) is 8.47. The molecule has 2 aromatic carbocycles. The fraction of sp³-hybridized carbons (Fsp3) is 0.458. The van der Waals surface area contributed by atoms with Crippen molar-refractivity contribution >= 4 is 29.9 Å². The minimum atomic E-state index is -0.243. The van der Waals surface area contributed by atoms with Gasteiger partial charge in [-0.3, -0.25) is 9.89 Å². The summed E-state index contributed by atoms with van der Waals surface area (Å²) in [6.07, 6.45) is 0. The van der Waals surface area contributed by atoms with Crippen LogP contribution in [0.1, 0.15) is 22.7 Å². The minimum absolute atomic E-state index is 0. The Morgan fingerprint density at radius 1 is 1.09 bits per heavy atom. The molecule has 0 spiro atoms. The first-order valence-corrected chi connectivity index (χ1v) is 10.9. The zero-order valence-corrected chi connectivity index (χ0v) is 21.8. The number of hydrogen-bond donors (Lipinski definition) is 2. The van der Waals surface area contributed by atoms with Gasteiger partial charge in [0.15, 0.2) is 5.96 Å². The van der Waals surface area contributed by atoms with Crippen molar-refractivity contribution in [2.75, 3.05) is 54.0 Å². The molecule has 1 aliphatic rings. The highest BCUT2D eigenvalue weighted by molar-refractivity contribution is 14.0. The van der Waals surface area contributed by atoms with E-state index < -0.39 is 0 Å². The van der Waals surface area contributed by atoms with E-state index in [0.717, 1.165) is 24.2 Å². The summed E-state index contributed by atoms with van der Waals surface area (Å²) in [5.41, 5.74) is 2.69. The van der Waals surface area contributed by atoms with Crippen LogP contribution in [0.15, 0.2) is 47.5 Å². The number of halogens is 3. The van der Waals surface area contributed by atoms with Gasteiger partial charge in [0.1, 0.15) is 11.6 Å². The number of benzene rings is 2. The molecule has 1 fully saturated rings. The zero-order chi connectivity index (χ0) is 22.9. The SMILES string of the molecule is CN=C(NCc1ccc(F)c(CN(C)C)c1)NCC(c1ccc(F)cc1)N1CCOCC1.I. The first kappa shape index (κ1) is 27.4. The van der Waals surface area contributed by atoms with E-state index >= 15 is 0 Å². The van der Waals surface area contributed by atoms with Crippen molar-refractivity contribution < 1.29 is 13.5 Å². The number of hydrogen-bond acceptors (Lipinski definition) is 4. The molecule has 1 heterocycles. The molecular weight excluding hydrogens is 539 g/mol. The number of nitrogens with one attached hydrogen (secondary N) is 2. The second-order valence-corrected chi connectivity index (χ2v) is 8.19. The van der Waals surface area contributed by atoms with E-state index in [1.54, 1.807) is 13.1 Å². The van der Waals surface area contributed by atoms with Crippen molar-refractivity contribution in [2.45, 2.75) is 19.1 Å². The molecule has 33 heavy (non-hydrogen) atoms. The van der Waals surface area contributed by atoms with Crippen LogP contribution in [0.5, 0.6) is 0 Å². The normalized spacial score (nSPS) is 15.8. The van der Waals surface area contributed by atoms with Crippen molar-refractivity contribution in [3.63, 3.8) is 0 Å². The van der Waals surface area contributed by atoms with Crippen molar-refractivity contribution in [3.8, 4) is 0 Å². The van der Waals surface area contributed by atoms with Crippen LogP contribution in [0, 0.1) is 11.6 Å². The third-order valence-corrected chi connectivity index (χ3v) is 5.48. The van der Waals surface area contributed by atoms with E-state index in [1.165, 1.54) is 18.2 Å². The molecule has 0 radical (unpaired) electrons. The molecule has 182 valence electrons. The summed E-state index contributed by atoms with van der Waals surface area (Å²) in [6.45, 7) is 4.69. The topological polar surface area (TPSA) is 52.1 Å². The molecule has 0 amide bonds. The molecule has 2 N–H and O–H groups in total. The maximum atomic E-state index is 14.0. The number of aliphatic imine (C=N–C) groups is 1. The summed E-state index contributed by atoms with van der Waals surface area (Å²) in [5.74, 6) is 0.217. The van der Waals surface area contributed by atoms with Gasteiger partial charge in [0.05, 0.1) is 19.3 Å². The van der Waals surface area contributed by atoms with E-state index in [9.17, 15) is 8.78 Å². The molecule has 6 nitrogen and oxygen atoms in total. The first-order valence-electron chi connectivity index (χ1n) is 10.9. The maximum Gasteiger partial charge on any atom is 0.191 e. The predicted molar refractivity (Wildman–Crippen MR) is 139 cm³/mol. The van der Waals surface area contributed by atoms with Crippen LogP contribution >= 0.6 is 24.0 Å². The van der Waals surface area contributed by atoms with Gasteiger partial charge in [-0.1, -0.05) is 18.2 Å². The van der Waals surface area contributed by atoms with Gasteiger partial charge >= 0.3 is 0 Å². The number of guanidine groups is 1. The first-order chi connectivity index (χ1) is 15.5.